The topological polar surface area (TPSA) is 45.6 Å². The number of methoxy groups -OCH3 is 1. The first-order valence-corrected chi connectivity index (χ1v) is 4.96. The van der Waals surface area contributed by atoms with Crippen molar-refractivity contribution in [1.29, 1.82) is 0 Å². The van der Waals surface area contributed by atoms with E-state index >= 15 is 0 Å². The maximum absolute atomic E-state index is 9.66. The molecule has 0 aliphatic carbocycles. The summed E-state index contributed by atoms with van der Waals surface area (Å²) in [5, 5.41) is 10.6. The third-order valence-electron chi connectivity index (χ3n) is 2.50. The number of rotatable bonds is 2. The summed E-state index contributed by atoms with van der Waals surface area (Å²) in [6.07, 6.45) is 1.73. The van der Waals surface area contributed by atoms with E-state index in [0.29, 0.717) is 5.75 Å². The van der Waals surface area contributed by atoms with E-state index in [-0.39, 0.29) is 5.75 Å². The van der Waals surface area contributed by atoms with Crippen LogP contribution in [0.2, 0.25) is 0 Å². The highest BCUT2D eigenvalue weighted by Crippen LogP contribution is 2.34. The highest BCUT2D eigenvalue weighted by Gasteiger charge is 2.09. The molecule has 84 valence electrons. The Kier molecular flexibility index (Phi) is 2.56. The van der Waals surface area contributed by atoms with Crippen molar-refractivity contribution in [3.8, 4) is 11.5 Å². The summed E-state index contributed by atoms with van der Waals surface area (Å²) in [5.74, 6) is 0.571. The summed E-state index contributed by atoms with van der Waals surface area (Å²) < 4.78 is 5.09. The first kappa shape index (κ1) is 10.5. The molecular formula is C12H14N2O2. The third-order valence-corrected chi connectivity index (χ3v) is 2.50. The van der Waals surface area contributed by atoms with Crippen molar-refractivity contribution in [3.05, 3.63) is 24.4 Å². The van der Waals surface area contributed by atoms with Crippen LogP contribution in [-0.4, -0.2) is 31.3 Å². The first-order chi connectivity index (χ1) is 7.63. The number of aromatic nitrogens is 1. The number of benzene rings is 1. The fraction of sp³-hybridized carbons (Fsp3) is 0.250. The molecule has 0 aliphatic rings. The van der Waals surface area contributed by atoms with Crippen LogP contribution in [0.5, 0.6) is 11.5 Å². The highest BCUT2D eigenvalue weighted by molar-refractivity contribution is 5.93. The lowest BCUT2D eigenvalue weighted by Crippen LogP contribution is -2.09. The van der Waals surface area contributed by atoms with Crippen molar-refractivity contribution >= 4 is 16.6 Å². The van der Waals surface area contributed by atoms with E-state index < -0.39 is 0 Å². The van der Waals surface area contributed by atoms with Crippen LogP contribution in [0.4, 0.5) is 5.69 Å². The Morgan fingerprint density at radius 3 is 2.69 bits per heavy atom. The molecule has 4 heteroatoms. The molecule has 0 fully saturated rings. The number of phenols is 1. The number of nitrogens with zero attached hydrogens (tertiary/aromatic N) is 2. The van der Waals surface area contributed by atoms with Gasteiger partial charge in [-0.1, -0.05) is 0 Å². The Hall–Kier alpha value is -1.97. The van der Waals surface area contributed by atoms with E-state index in [1.54, 1.807) is 18.3 Å². The molecule has 1 heterocycles. The molecule has 1 aromatic heterocycles. The number of phenolic OH excluding ortho intramolecular Hbond substituents is 1. The number of hydrogen-bond acceptors (Lipinski definition) is 4. The zero-order chi connectivity index (χ0) is 11.7. The monoisotopic (exact) mass is 218 g/mol. The Morgan fingerprint density at radius 2 is 2.06 bits per heavy atom. The average Bonchev–Trinajstić information content (AvgIpc) is 2.26. The predicted molar refractivity (Wildman–Crippen MR) is 64.3 cm³/mol. The second-order valence-electron chi connectivity index (χ2n) is 3.77. The van der Waals surface area contributed by atoms with Crippen LogP contribution in [0.15, 0.2) is 24.4 Å². The van der Waals surface area contributed by atoms with E-state index in [2.05, 4.69) is 4.98 Å². The summed E-state index contributed by atoms with van der Waals surface area (Å²) >= 11 is 0. The zero-order valence-electron chi connectivity index (χ0n) is 9.56. The minimum Gasteiger partial charge on any atom is -0.504 e. The fourth-order valence-electron chi connectivity index (χ4n) is 1.70. The van der Waals surface area contributed by atoms with Crippen molar-refractivity contribution in [2.75, 3.05) is 26.1 Å². The zero-order valence-corrected chi connectivity index (χ0v) is 9.56. The number of aromatic hydroxyl groups is 1. The molecule has 0 spiro atoms. The van der Waals surface area contributed by atoms with Crippen LogP contribution in [0.25, 0.3) is 10.9 Å². The van der Waals surface area contributed by atoms with Crippen LogP contribution in [0, 0.1) is 0 Å². The van der Waals surface area contributed by atoms with Crippen LogP contribution in [0.1, 0.15) is 0 Å². The van der Waals surface area contributed by atoms with Crippen LogP contribution in [-0.2, 0) is 0 Å². The summed E-state index contributed by atoms with van der Waals surface area (Å²) in [6, 6.07) is 5.34. The smallest absolute Gasteiger partial charge is 0.161 e. The molecule has 16 heavy (non-hydrogen) atoms. The standard InChI is InChI=1S/C12H14N2O2/c1-14(2)10-4-5-13-9-7-11(15)12(16-3)6-8(9)10/h4-7,15H,1-3H3. The molecule has 4 nitrogen and oxygen atoms in total. The van der Waals surface area contributed by atoms with Gasteiger partial charge in [0.05, 0.1) is 12.6 Å². The van der Waals surface area contributed by atoms with Gasteiger partial charge in [-0.2, -0.15) is 0 Å². The minimum atomic E-state index is 0.110. The van der Waals surface area contributed by atoms with Crippen molar-refractivity contribution in [3.63, 3.8) is 0 Å². The molecule has 0 amide bonds. The lowest BCUT2D eigenvalue weighted by Gasteiger charge is -2.15. The van der Waals surface area contributed by atoms with E-state index in [0.717, 1.165) is 16.6 Å². The molecule has 0 saturated heterocycles. The quantitative estimate of drug-likeness (QED) is 0.837. The summed E-state index contributed by atoms with van der Waals surface area (Å²) in [4.78, 5) is 6.22. The maximum atomic E-state index is 9.66. The molecule has 1 aromatic carbocycles. The summed E-state index contributed by atoms with van der Waals surface area (Å²) in [7, 11) is 5.47. The van der Waals surface area contributed by atoms with Crippen molar-refractivity contribution in [2.24, 2.45) is 0 Å². The SMILES string of the molecule is COc1cc2c(N(C)C)ccnc2cc1O. The molecule has 0 saturated carbocycles. The molecular weight excluding hydrogens is 204 g/mol. The Balaban J connectivity index is 2.76. The number of anilines is 1. The van der Waals surface area contributed by atoms with Gasteiger partial charge in [0, 0.05) is 37.4 Å². The van der Waals surface area contributed by atoms with Gasteiger partial charge in [-0.25, -0.2) is 0 Å². The third kappa shape index (κ3) is 1.62. The second-order valence-corrected chi connectivity index (χ2v) is 3.77. The van der Waals surface area contributed by atoms with Gasteiger partial charge in [-0.3, -0.25) is 4.98 Å². The number of fused-ring (bicyclic) bond motifs is 1. The number of hydrogen-bond donors (Lipinski definition) is 1. The maximum Gasteiger partial charge on any atom is 0.161 e. The van der Waals surface area contributed by atoms with E-state index in [1.807, 2.05) is 25.1 Å². The van der Waals surface area contributed by atoms with E-state index in [1.165, 1.54) is 7.11 Å². The van der Waals surface area contributed by atoms with Gasteiger partial charge < -0.3 is 14.7 Å². The molecule has 0 radical (unpaired) electrons. The lowest BCUT2D eigenvalue weighted by atomic mass is 10.1. The van der Waals surface area contributed by atoms with Gasteiger partial charge in [-0.05, 0) is 12.1 Å². The highest BCUT2D eigenvalue weighted by atomic mass is 16.5. The minimum absolute atomic E-state index is 0.110. The molecule has 0 atom stereocenters. The molecule has 1 N–H and O–H groups in total. The number of ether oxygens (including phenoxy) is 1. The molecule has 0 aliphatic heterocycles. The molecule has 0 bridgehead atoms. The van der Waals surface area contributed by atoms with Gasteiger partial charge in [0.1, 0.15) is 0 Å². The Bertz CT molecular complexity index is 524. The van der Waals surface area contributed by atoms with Gasteiger partial charge >= 0.3 is 0 Å². The lowest BCUT2D eigenvalue weighted by molar-refractivity contribution is 0.374. The normalized spacial score (nSPS) is 10.4. The first-order valence-electron chi connectivity index (χ1n) is 4.96. The van der Waals surface area contributed by atoms with Crippen molar-refractivity contribution in [2.45, 2.75) is 0 Å². The van der Waals surface area contributed by atoms with Gasteiger partial charge in [0.15, 0.2) is 11.5 Å². The number of pyridine rings is 1. The summed E-state index contributed by atoms with van der Waals surface area (Å²) in [5.41, 5.74) is 1.80. The van der Waals surface area contributed by atoms with E-state index in [9.17, 15) is 5.11 Å². The van der Waals surface area contributed by atoms with Gasteiger partial charge in [0.2, 0.25) is 0 Å². The van der Waals surface area contributed by atoms with E-state index in [4.69, 9.17) is 4.74 Å². The summed E-state index contributed by atoms with van der Waals surface area (Å²) in [6.45, 7) is 0. The fourth-order valence-corrected chi connectivity index (χ4v) is 1.70. The van der Waals surface area contributed by atoms with Crippen LogP contribution < -0.4 is 9.64 Å². The predicted octanol–water partition coefficient (Wildman–Crippen LogP) is 2.02. The average molecular weight is 218 g/mol. The van der Waals surface area contributed by atoms with Gasteiger partial charge in [-0.15, -0.1) is 0 Å². The Labute approximate surface area is 94.1 Å². The van der Waals surface area contributed by atoms with Crippen molar-refractivity contribution < 1.29 is 9.84 Å². The second kappa shape index (κ2) is 3.89. The Morgan fingerprint density at radius 1 is 1.31 bits per heavy atom. The molecule has 0 unspecified atom stereocenters. The van der Waals surface area contributed by atoms with Crippen LogP contribution in [0.3, 0.4) is 0 Å². The van der Waals surface area contributed by atoms with Gasteiger partial charge in [0.25, 0.3) is 0 Å². The molecule has 2 rings (SSSR count). The molecule has 2 aromatic rings. The largest absolute Gasteiger partial charge is 0.504 e. The van der Waals surface area contributed by atoms with Crippen molar-refractivity contribution in [1.82, 2.24) is 4.98 Å². The van der Waals surface area contributed by atoms with Crippen LogP contribution >= 0.6 is 0 Å².